The number of halogens is 4. The highest BCUT2D eigenvalue weighted by Gasteiger charge is 2.48. The van der Waals surface area contributed by atoms with Crippen LogP contribution in [0.4, 0.5) is 23.2 Å². The third-order valence-corrected chi connectivity index (χ3v) is 4.29. The molecule has 0 saturated heterocycles. The Hall–Kier alpha value is -1.31. The Morgan fingerprint density at radius 3 is 2.24 bits per heavy atom. The molecule has 0 radical (unpaired) electrons. The Labute approximate surface area is 121 Å². The number of anilines is 1. The Morgan fingerprint density at radius 2 is 1.76 bits per heavy atom. The summed E-state index contributed by atoms with van der Waals surface area (Å²) in [5, 5.41) is 2.70. The molecule has 0 amide bonds. The fraction of sp³-hybridized carbons (Fsp3) is 0.538. The van der Waals surface area contributed by atoms with E-state index in [1.54, 1.807) is 6.92 Å². The number of hydrogen-bond acceptors (Lipinski definition) is 3. The molecule has 1 aromatic carbocycles. The molecule has 3 nitrogen and oxygen atoms in total. The Morgan fingerprint density at radius 1 is 1.19 bits per heavy atom. The molecule has 0 bridgehead atoms. The summed E-state index contributed by atoms with van der Waals surface area (Å²) in [6, 6.07) is 2.05. The van der Waals surface area contributed by atoms with Crippen molar-refractivity contribution in [3.63, 3.8) is 0 Å². The van der Waals surface area contributed by atoms with Gasteiger partial charge in [-0.3, -0.25) is 0 Å². The van der Waals surface area contributed by atoms with E-state index in [4.69, 9.17) is 0 Å². The third-order valence-electron chi connectivity index (χ3n) is 2.76. The molecule has 1 unspecified atom stereocenters. The highest BCUT2D eigenvalue weighted by atomic mass is 32.2. The minimum atomic E-state index is -5.61. The maximum Gasteiger partial charge on any atom is 0.501 e. The number of sulfone groups is 1. The molecule has 1 N–H and O–H groups in total. The summed E-state index contributed by atoms with van der Waals surface area (Å²) in [4.78, 5) is -1.09. The first-order chi connectivity index (χ1) is 9.45. The number of alkyl halides is 3. The van der Waals surface area contributed by atoms with E-state index >= 15 is 0 Å². The van der Waals surface area contributed by atoms with Gasteiger partial charge >= 0.3 is 5.51 Å². The first-order valence-corrected chi connectivity index (χ1v) is 7.81. The van der Waals surface area contributed by atoms with Crippen LogP contribution in [0, 0.1) is 11.7 Å². The second kappa shape index (κ2) is 6.21. The standard InChI is InChI=1S/C13H17F4NO2S/c1-8(2)6-9(3)18-11-5-4-10(14)7-12(11)21(19,20)13(15,16)17/h4-5,7-9,18H,6H2,1-3H3. The van der Waals surface area contributed by atoms with Gasteiger partial charge in [0.15, 0.2) is 0 Å². The van der Waals surface area contributed by atoms with Crippen molar-refractivity contribution in [1.82, 2.24) is 0 Å². The van der Waals surface area contributed by atoms with E-state index in [1.165, 1.54) is 0 Å². The fourth-order valence-electron chi connectivity index (χ4n) is 1.99. The van der Waals surface area contributed by atoms with E-state index in [0.717, 1.165) is 12.1 Å². The minimum absolute atomic E-state index is 0.248. The molecule has 8 heteroatoms. The largest absolute Gasteiger partial charge is 0.501 e. The molecule has 0 saturated carbocycles. The van der Waals surface area contributed by atoms with Gasteiger partial charge in [-0.1, -0.05) is 13.8 Å². The second-order valence-corrected chi connectivity index (χ2v) is 7.17. The molecule has 21 heavy (non-hydrogen) atoms. The molecule has 0 aliphatic heterocycles. The number of hydrogen-bond donors (Lipinski definition) is 1. The van der Waals surface area contributed by atoms with E-state index in [1.807, 2.05) is 13.8 Å². The SMILES string of the molecule is CC(C)CC(C)Nc1ccc(F)cc1S(=O)(=O)C(F)(F)F. The van der Waals surface area contributed by atoms with Crippen molar-refractivity contribution in [2.45, 2.75) is 43.6 Å². The molecule has 0 aliphatic carbocycles. The summed E-state index contributed by atoms with van der Waals surface area (Å²) >= 11 is 0. The van der Waals surface area contributed by atoms with Crippen molar-refractivity contribution in [1.29, 1.82) is 0 Å². The van der Waals surface area contributed by atoms with Gasteiger partial charge in [0.05, 0.1) is 5.69 Å². The van der Waals surface area contributed by atoms with Crippen LogP contribution in [0.15, 0.2) is 23.1 Å². The van der Waals surface area contributed by atoms with E-state index in [0.29, 0.717) is 12.5 Å². The molecule has 0 heterocycles. The predicted molar refractivity (Wildman–Crippen MR) is 72.2 cm³/mol. The molecule has 0 fully saturated rings. The smallest absolute Gasteiger partial charge is 0.382 e. The van der Waals surface area contributed by atoms with Crippen LogP contribution in [0.1, 0.15) is 27.2 Å². The Bertz CT molecular complexity index is 597. The topological polar surface area (TPSA) is 46.2 Å². The van der Waals surface area contributed by atoms with Crippen LogP contribution in [0.2, 0.25) is 0 Å². The third kappa shape index (κ3) is 4.33. The lowest BCUT2D eigenvalue weighted by atomic mass is 10.1. The molecule has 0 aliphatic rings. The Balaban J connectivity index is 3.24. The van der Waals surface area contributed by atoms with Crippen molar-refractivity contribution < 1.29 is 26.0 Å². The van der Waals surface area contributed by atoms with Crippen LogP contribution in [-0.2, 0) is 9.84 Å². The van der Waals surface area contributed by atoms with Crippen LogP contribution in [0.25, 0.3) is 0 Å². The van der Waals surface area contributed by atoms with Crippen LogP contribution in [-0.4, -0.2) is 20.0 Å². The highest BCUT2D eigenvalue weighted by Crippen LogP contribution is 2.35. The van der Waals surface area contributed by atoms with Crippen LogP contribution < -0.4 is 5.32 Å². The minimum Gasteiger partial charge on any atom is -0.382 e. The lowest BCUT2D eigenvalue weighted by Crippen LogP contribution is -2.26. The first kappa shape index (κ1) is 17.7. The van der Waals surface area contributed by atoms with Gasteiger partial charge in [-0.2, -0.15) is 13.2 Å². The van der Waals surface area contributed by atoms with E-state index in [9.17, 15) is 26.0 Å². The second-order valence-electron chi connectivity index (χ2n) is 5.26. The molecule has 1 rings (SSSR count). The average Bonchev–Trinajstić information content (AvgIpc) is 2.28. The molecular formula is C13H17F4NO2S. The number of rotatable bonds is 5. The van der Waals surface area contributed by atoms with Crippen molar-refractivity contribution in [2.24, 2.45) is 5.92 Å². The van der Waals surface area contributed by atoms with E-state index in [-0.39, 0.29) is 17.6 Å². The summed E-state index contributed by atoms with van der Waals surface area (Å²) in [5.74, 6) is -0.768. The zero-order valence-corrected chi connectivity index (χ0v) is 12.6. The summed E-state index contributed by atoms with van der Waals surface area (Å²) < 4.78 is 74.1. The molecule has 0 aromatic heterocycles. The zero-order chi connectivity index (χ0) is 16.4. The van der Waals surface area contributed by atoms with Crippen LogP contribution in [0.5, 0.6) is 0 Å². The summed E-state index contributed by atoms with van der Waals surface area (Å²) in [6.45, 7) is 5.57. The van der Waals surface area contributed by atoms with Gasteiger partial charge in [0, 0.05) is 6.04 Å². The first-order valence-electron chi connectivity index (χ1n) is 6.32. The van der Waals surface area contributed by atoms with Gasteiger partial charge in [-0.05, 0) is 37.5 Å². The number of nitrogens with one attached hydrogen (secondary N) is 1. The zero-order valence-electron chi connectivity index (χ0n) is 11.8. The lowest BCUT2D eigenvalue weighted by molar-refractivity contribution is -0.0435. The quantitative estimate of drug-likeness (QED) is 0.833. The molecule has 1 atom stereocenters. The fourth-order valence-corrected chi connectivity index (χ4v) is 2.93. The van der Waals surface area contributed by atoms with Gasteiger partial charge in [-0.25, -0.2) is 12.8 Å². The van der Waals surface area contributed by atoms with Gasteiger partial charge in [0.1, 0.15) is 10.7 Å². The lowest BCUT2D eigenvalue weighted by Gasteiger charge is -2.20. The molecular weight excluding hydrogens is 310 g/mol. The average molecular weight is 327 g/mol. The predicted octanol–water partition coefficient (Wildman–Crippen LogP) is 3.97. The summed E-state index contributed by atoms with van der Waals surface area (Å²) in [5.41, 5.74) is -5.72. The van der Waals surface area contributed by atoms with Crippen LogP contribution in [0.3, 0.4) is 0 Å². The molecule has 120 valence electrons. The normalized spacial score (nSPS) is 14.3. The van der Waals surface area contributed by atoms with Crippen molar-refractivity contribution >= 4 is 15.5 Å². The van der Waals surface area contributed by atoms with Crippen molar-refractivity contribution in [2.75, 3.05) is 5.32 Å². The van der Waals surface area contributed by atoms with E-state index in [2.05, 4.69) is 5.32 Å². The van der Waals surface area contributed by atoms with E-state index < -0.39 is 26.1 Å². The van der Waals surface area contributed by atoms with Gasteiger partial charge < -0.3 is 5.32 Å². The van der Waals surface area contributed by atoms with Gasteiger partial charge in [0.25, 0.3) is 9.84 Å². The highest BCUT2D eigenvalue weighted by molar-refractivity contribution is 7.92. The van der Waals surface area contributed by atoms with Crippen LogP contribution >= 0.6 is 0 Å². The van der Waals surface area contributed by atoms with Gasteiger partial charge in [0.2, 0.25) is 0 Å². The monoisotopic (exact) mass is 327 g/mol. The maximum atomic E-state index is 13.2. The molecule has 1 aromatic rings. The number of benzene rings is 1. The van der Waals surface area contributed by atoms with Crippen molar-refractivity contribution in [3.05, 3.63) is 24.0 Å². The Kier molecular flexibility index (Phi) is 5.25. The maximum absolute atomic E-state index is 13.2. The summed E-state index contributed by atoms with van der Waals surface area (Å²) in [6.07, 6.45) is 0.628. The molecule has 0 spiro atoms. The van der Waals surface area contributed by atoms with Gasteiger partial charge in [-0.15, -0.1) is 0 Å². The van der Waals surface area contributed by atoms with Crippen molar-refractivity contribution in [3.8, 4) is 0 Å². The summed E-state index contributed by atoms with van der Waals surface area (Å²) in [7, 11) is -5.61.